The average Bonchev–Trinajstić information content (AvgIpc) is 3.27. The molecule has 1 aromatic carbocycles. The van der Waals surface area contributed by atoms with Gasteiger partial charge in [0.25, 0.3) is 5.91 Å². The van der Waals surface area contributed by atoms with Gasteiger partial charge in [0.15, 0.2) is 0 Å². The lowest BCUT2D eigenvalue weighted by Crippen LogP contribution is -2.25. The summed E-state index contributed by atoms with van der Waals surface area (Å²) in [6.07, 6.45) is 2.96. The molecule has 1 aromatic rings. The standard InChI is InChI=1S/C15H20N2O2/c1-2-9-16-14(18)12-5-3-11(4-6-12)10-17-15(19)13-7-8-13/h3-6,13H,2,7-10H2,1H3,(H,16,18)(H,17,19). The molecule has 19 heavy (non-hydrogen) atoms. The maximum Gasteiger partial charge on any atom is 0.251 e. The van der Waals surface area contributed by atoms with Crippen LogP contribution in [0.5, 0.6) is 0 Å². The molecule has 2 N–H and O–H groups in total. The third-order valence-electron chi connectivity index (χ3n) is 3.17. The molecule has 0 saturated heterocycles. The van der Waals surface area contributed by atoms with E-state index in [-0.39, 0.29) is 17.7 Å². The summed E-state index contributed by atoms with van der Waals surface area (Å²) < 4.78 is 0. The van der Waals surface area contributed by atoms with Crippen molar-refractivity contribution in [1.82, 2.24) is 10.6 Å². The van der Waals surface area contributed by atoms with Crippen LogP contribution in [0.4, 0.5) is 0 Å². The number of benzene rings is 1. The first-order chi connectivity index (χ1) is 9.20. The second kappa shape index (κ2) is 6.36. The van der Waals surface area contributed by atoms with Crippen molar-refractivity contribution in [3.05, 3.63) is 35.4 Å². The van der Waals surface area contributed by atoms with Crippen molar-refractivity contribution in [3.8, 4) is 0 Å². The number of carbonyl (C=O) groups is 2. The van der Waals surface area contributed by atoms with E-state index in [1.54, 1.807) is 12.1 Å². The van der Waals surface area contributed by atoms with E-state index in [1.807, 2.05) is 19.1 Å². The predicted molar refractivity (Wildman–Crippen MR) is 73.6 cm³/mol. The van der Waals surface area contributed by atoms with Crippen LogP contribution < -0.4 is 10.6 Å². The van der Waals surface area contributed by atoms with Gasteiger partial charge in [-0.05, 0) is 37.0 Å². The molecule has 2 amide bonds. The van der Waals surface area contributed by atoms with Crippen LogP contribution in [0.3, 0.4) is 0 Å². The lowest BCUT2D eigenvalue weighted by Gasteiger charge is -2.06. The van der Waals surface area contributed by atoms with Crippen molar-refractivity contribution in [2.24, 2.45) is 5.92 Å². The largest absolute Gasteiger partial charge is 0.352 e. The number of rotatable bonds is 6. The van der Waals surface area contributed by atoms with Gasteiger partial charge in [-0.25, -0.2) is 0 Å². The maximum absolute atomic E-state index is 11.7. The minimum Gasteiger partial charge on any atom is -0.352 e. The van der Waals surface area contributed by atoms with Gasteiger partial charge in [0.05, 0.1) is 0 Å². The van der Waals surface area contributed by atoms with Crippen molar-refractivity contribution in [2.75, 3.05) is 6.54 Å². The molecule has 1 saturated carbocycles. The number of carbonyl (C=O) groups excluding carboxylic acids is 2. The lowest BCUT2D eigenvalue weighted by atomic mass is 10.1. The van der Waals surface area contributed by atoms with Crippen molar-refractivity contribution < 1.29 is 9.59 Å². The van der Waals surface area contributed by atoms with E-state index < -0.39 is 0 Å². The molecule has 1 fully saturated rings. The zero-order chi connectivity index (χ0) is 13.7. The molecule has 4 nitrogen and oxygen atoms in total. The van der Waals surface area contributed by atoms with E-state index >= 15 is 0 Å². The van der Waals surface area contributed by atoms with Crippen LogP contribution in [0.2, 0.25) is 0 Å². The fourth-order valence-electron chi connectivity index (χ4n) is 1.79. The van der Waals surface area contributed by atoms with E-state index in [0.29, 0.717) is 18.7 Å². The molecule has 0 aromatic heterocycles. The van der Waals surface area contributed by atoms with E-state index in [2.05, 4.69) is 10.6 Å². The highest BCUT2D eigenvalue weighted by Gasteiger charge is 2.29. The molecule has 0 radical (unpaired) electrons. The molecule has 0 heterocycles. The summed E-state index contributed by atoms with van der Waals surface area (Å²) in [6, 6.07) is 7.36. The van der Waals surface area contributed by atoms with E-state index in [0.717, 1.165) is 24.8 Å². The van der Waals surface area contributed by atoms with Crippen LogP contribution in [0.15, 0.2) is 24.3 Å². The quantitative estimate of drug-likeness (QED) is 0.820. The Bertz CT molecular complexity index is 450. The van der Waals surface area contributed by atoms with Crippen molar-refractivity contribution >= 4 is 11.8 Å². The summed E-state index contributed by atoms with van der Waals surface area (Å²) in [5.41, 5.74) is 1.67. The van der Waals surface area contributed by atoms with E-state index in [4.69, 9.17) is 0 Å². The normalized spacial score (nSPS) is 13.9. The van der Waals surface area contributed by atoms with Gasteiger partial charge in [-0.2, -0.15) is 0 Å². The number of nitrogens with one attached hydrogen (secondary N) is 2. The molecule has 0 unspecified atom stereocenters. The van der Waals surface area contributed by atoms with Gasteiger partial charge in [0.1, 0.15) is 0 Å². The molecular weight excluding hydrogens is 240 g/mol. The second-order valence-corrected chi connectivity index (χ2v) is 4.94. The molecule has 4 heteroatoms. The molecular formula is C15H20N2O2. The molecule has 102 valence electrons. The molecule has 0 atom stereocenters. The van der Waals surface area contributed by atoms with Crippen molar-refractivity contribution in [3.63, 3.8) is 0 Å². The summed E-state index contributed by atoms with van der Waals surface area (Å²) in [5, 5.41) is 5.74. The van der Waals surface area contributed by atoms with Gasteiger partial charge in [0, 0.05) is 24.6 Å². The fourth-order valence-corrected chi connectivity index (χ4v) is 1.79. The average molecular weight is 260 g/mol. The van der Waals surface area contributed by atoms with Crippen LogP contribution in [-0.4, -0.2) is 18.4 Å². The Morgan fingerprint density at radius 2 is 1.84 bits per heavy atom. The van der Waals surface area contributed by atoms with E-state index in [9.17, 15) is 9.59 Å². The maximum atomic E-state index is 11.7. The van der Waals surface area contributed by atoms with Crippen LogP contribution in [0.1, 0.15) is 42.1 Å². The topological polar surface area (TPSA) is 58.2 Å². The third kappa shape index (κ3) is 4.09. The van der Waals surface area contributed by atoms with E-state index in [1.165, 1.54) is 0 Å². The zero-order valence-corrected chi connectivity index (χ0v) is 11.2. The minimum atomic E-state index is -0.0459. The molecule has 0 spiro atoms. The van der Waals surface area contributed by atoms with Gasteiger partial charge in [0.2, 0.25) is 5.91 Å². The summed E-state index contributed by atoms with van der Waals surface area (Å²) in [5.74, 6) is 0.333. The first kappa shape index (κ1) is 13.6. The number of amides is 2. The smallest absolute Gasteiger partial charge is 0.251 e. The first-order valence-electron chi connectivity index (χ1n) is 6.85. The minimum absolute atomic E-state index is 0.0459. The van der Waals surface area contributed by atoms with Gasteiger partial charge in [-0.1, -0.05) is 19.1 Å². The molecule has 0 bridgehead atoms. The summed E-state index contributed by atoms with van der Waals surface area (Å²) in [7, 11) is 0. The Kier molecular flexibility index (Phi) is 4.55. The molecule has 0 aliphatic heterocycles. The van der Waals surface area contributed by atoms with Crippen molar-refractivity contribution in [2.45, 2.75) is 32.7 Å². The fraction of sp³-hybridized carbons (Fsp3) is 0.467. The van der Waals surface area contributed by atoms with Crippen LogP contribution in [0.25, 0.3) is 0 Å². The Balaban J connectivity index is 1.83. The zero-order valence-electron chi connectivity index (χ0n) is 11.2. The Labute approximate surface area is 113 Å². The Morgan fingerprint density at radius 1 is 1.16 bits per heavy atom. The Morgan fingerprint density at radius 3 is 2.42 bits per heavy atom. The third-order valence-corrected chi connectivity index (χ3v) is 3.17. The van der Waals surface area contributed by atoms with Gasteiger partial charge in [-0.3, -0.25) is 9.59 Å². The van der Waals surface area contributed by atoms with Crippen LogP contribution in [-0.2, 0) is 11.3 Å². The summed E-state index contributed by atoms with van der Waals surface area (Å²) in [4.78, 5) is 23.2. The molecule has 1 aliphatic rings. The predicted octanol–water partition coefficient (Wildman–Crippen LogP) is 1.85. The van der Waals surface area contributed by atoms with Crippen LogP contribution >= 0.6 is 0 Å². The summed E-state index contributed by atoms with van der Waals surface area (Å²) in [6.45, 7) is 3.25. The van der Waals surface area contributed by atoms with Gasteiger partial charge in [-0.15, -0.1) is 0 Å². The lowest BCUT2D eigenvalue weighted by molar-refractivity contribution is -0.122. The summed E-state index contributed by atoms with van der Waals surface area (Å²) >= 11 is 0. The van der Waals surface area contributed by atoms with Gasteiger partial charge < -0.3 is 10.6 Å². The van der Waals surface area contributed by atoms with Crippen LogP contribution in [0, 0.1) is 5.92 Å². The number of hydrogen-bond donors (Lipinski definition) is 2. The van der Waals surface area contributed by atoms with Crippen molar-refractivity contribution in [1.29, 1.82) is 0 Å². The second-order valence-electron chi connectivity index (χ2n) is 4.94. The highest BCUT2D eigenvalue weighted by Crippen LogP contribution is 2.28. The highest BCUT2D eigenvalue weighted by atomic mass is 16.2. The molecule has 2 rings (SSSR count). The SMILES string of the molecule is CCCNC(=O)c1ccc(CNC(=O)C2CC2)cc1. The first-order valence-corrected chi connectivity index (χ1v) is 6.85. The Hall–Kier alpha value is -1.84. The number of hydrogen-bond acceptors (Lipinski definition) is 2. The van der Waals surface area contributed by atoms with Gasteiger partial charge >= 0.3 is 0 Å². The monoisotopic (exact) mass is 260 g/mol. The molecule has 1 aliphatic carbocycles. The highest BCUT2D eigenvalue weighted by molar-refractivity contribution is 5.94.